The first kappa shape index (κ1) is 15.9. The van der Waals surface area contributed by atoms with Crippen LogP contribution in [0.15, 0.2) is 35.1 Å². The molecule has 1 aromatic carbocycles. The minimum Gasteiger partial charge on any atom is -0.394 e. The van der Waals surface area contributed by atoms with Crippen LogP contribution < -0.4 is 10.9 Å². The number of fused-ring (bicyclic) bond motifs is 1. The van der Waals surface area contributed by atoms with Crippen molar-refractivity contribution in [2.75, 3.05) is 11.9 Å². The molecule has 23 heavy (non-hydrogen) atoms. The zero-order valence-corrected chi connectivity index (χ0v) is 12.1. The Morgan fingerprint density at radius 1 is 1.13 bits per heavy atom. The number of anilines is 1. The standard InChI is InChI=1S/C15H18N2O6/c18-6-10-13(20)14(21)12(15(22)23-10)16-8-3-1-7-2-4-11(19)17-9(7)5-8/h1-5,10,12-16,18,20-22H,6H2,(H,17,19)/t10?,12?,13-,14-,15?/m0/s1. The lowest BCUT2D eigenvalue weighted by Crippen LogP contribution is -2.61. The van der Waals surface area contributed by atoms with E-state index in [1.165, 1.54) is 6.07 Å². The monoisotopic (exact) mass is 322 g/mol. The Bertz CT molecular complexity index is 748. The largest absolute Gasteiger partial charge is 0.394 e. The van der Waals surface area contributed by atoms with E-state index in [1.807, 2.05) is 0 Å². The smallest absolute Gasteiger partial charge is 0.248 e. The molecule has 1 aliphatic heterocycles. The van der Waals surface area contributed by atoms with Crippen LogP contribution in [0.2, 0.25) is 0 Å². The molecule has 1 fully saturated rings. The summed E-state index contributed by atoms with van der Waals surface area (Å²) in [5, 5.41) is 42.7. The van der Waals surface area contributed by atoms with E-state index < -0.39 is 37.3 Å². The lowest BCUT2D eigenvalue weighted by atomic mass is 9.97. The van der Waals surface area contributed by atoms with Gasteiger partial charge in [0.1, 0.15) is 24.4 Å². The van der Waals surface area contributed by atoms with E-state index in [-0.39, 0.29) is 5.56 Å². The molecule has 2 aromatic rings. The summed E-state index contributed by atoms with van der Waals surface area (Å²) in [7, 11) is 0. The molecule has 3 rings (SSSR count). The fraction of sp³-hybridized carbons (Fsp3) is 0.400. The van der Waals surface area contributed by atoms with E-state index in [0.717, 1.165) is 5.39 Å². The van der Waals surface area contributed by atoms with Gasteiger partial charge in [-0.25, -0.2) is 0 Å². The van der Waals surface area contributed by atoms with E-state index >= 15 is 0 Å². The van der Waals surface area contributed by atoms with Gasteiger partial charge in [-0.2, -0.15) is 0 Å². The van der Waals surface area contributed by atoms with E-state index in [0.29, 0.717) is 11.2 Å². The topological polar surface area (TPSA) is 135 Å². The van der Waals surface area contributed by atoms with Gasteiger partial charge in [-0.1, -0.05) is 6.07 Å². The number of aliphatic hydroxyl groups excluding tert-OH is 4. The Morgan fingerprint density at radius 2 is 1.87 bits per heavy atom. The molecular formula is C15H18N2O6. The first-order valence-electron chi connectivity index (χ1n) is 7.20. The Labute approximate surface area is 131 Å². The summed E-state index contributed by atoms with van der Waals surface area (Å²) in [5.41, 5.74) is 0.884. The van der Waals surface area contributed by atoms with Gasteiger partial charge < -0.3 is 35.5 Å². The van der Waals surface area contributed by atoms with Crippen molar-refractivity contribution in [1.29, 1.82) is 0 Å². The van der Waals surface area contributed by atoms with Gasteiger partial charge in [-0.3, -0.25) is 4.79 Å². The van der Waals surface area contributed by atoms with Crippen LogP contribution in [0.5, 0.6) is 0 Å². The summed E-state index contributed by atoms with van der Waals surface area (Å²) in [4.78, 5) is 14.0. The summed E-state index contributed by atoms with van der Waals surface area (Å²) < 4.78 is 5.08. The van der Waals surface area contributed by atoms with Gasteiger partial charge in [0.05, 0.1) is 12.1 Å². The second-order valence-corrected chi connectivity index (χ2v) is 5.52. The van der Waals surface area contributed by atoms with Crippen LogP contribution in [0.1, 0.15) is 0 Å². The van der Waals surface area contributed by atoms with Crippen LogP contribution in [0, 0.1) is 0 Å². The zero-order valence-electron chi connectivity index (χ0n) is 12.1. The van der Waals surface area contributed by atoms with Crippen molar-refractivity contribution in [2.45, 2.75) is 30.6 Å². The molecule has 0 radical (unpaired) electrons. The first-order chi connectivity index (χ1) is 11.0. The van der Waals surface area contributed by atoms with Gasteiger partial charge in [0.25, 0.3) is 0 Å². The third kappa shape index (κ3) is 3.07. The van der Waals surface area contributed by atoms with E-state index in [2.05, 4.69) is 10.3 Å². The highest BCUT2D eigenvalue weighted by atomic mass is 16.6. The lowest BCUT2D eigenvalue weighted by Gasteiger charge is -2.40. The van der Waals surface area contributed by atoms with Gasteiger partial charge in [0.15, 0.2) is 6.29 Å². The van der Waals surface area contributed by atoms with Crippen LogP contribution in [-0.4, -0.2) is 62.7 Å². The molecule has 0 saturated carbocycles. The number of pyridine rings is 1. The van der Waals surface area contributed by atoms with Crippen molar-refractivity contribution in [1.82, 2.24) is 4.98 Å². The van der Waals surface area contributed by atoms with E-state index in [1.54, 1.807) is 24.3 Å². The highest BCUT2D eigenvalue weighted by molar-refractivity contribution is 5.81. The molecule has 8 nitrogen and oxygen atoms in total. The maximum atomic E-state index is 11.4. The predicted octanol–water partition coefficient (Wildman–Crippen LogP) is -1.26. The molecule has 1 aromatic heterocycles. The van der Waals surface area contributed by atoms with Crippen molar-refractivity contribution in [3.05, 3.63) is 40.7 Å². The Balaban J connectivity index is 1.84. The van der Waals surface area contributed by atoms with Gasteiger partial charge in [0.2, 0.25) is 5.56 Å². The number of ether oxygens (including phenoxy) is 1. The average Bonchev–Trinajstić information content (AvgIpc) is 2.54. The zero-order chi connectivity index (χ0) is 16.6. The van der Waals surface area contributed by atoms with Crippen molar-refractivity contribution in [3.8, 4) is 0 Å². The van der Waals surface area contributed by atoms with Crippen LogP contribution in [-0.2, 0) is 4.74 Å². The normalized spacial score (nSPS) is 31.2. The highest BCUT2D eigenvalue weighted by Crippen LogP contribution is 2.24. The van der Waals surface area contributed by atoms with Gasteiger partial charge >= 0.3 is 0 Å². The lowest BCUT2D eigenvalue weighted by molar-refractivity contribution is -0.245. The number of nitrogens with one attached hydrogen (secondary N) is 2. The maximum Gasteiger partial charge on any atom is 0.248 e. The van der Waals surface area contributed by atoms with Crippen molar-refractivity contribution in [3.63, 3.8) is 0 Å². The SMILES string of the molecule is O=c1ccc2ccc(NC3C(O)OC(CO)[C@H](O)[C@H]3O)cc2[nH]1. The molecular weight excluding hydrogens is 304 g/mol. The van der Waals surface area contributed by atoms with E-state index in [9.17, 15) is 20.1 Å². The highest BCUT2D eigenvalue weighted by Gasteiger charge is 2.43. The summed E-state index contributed by atoms with van der Waals surface area (Å²) in [6.07, 6.45) is -5.12. The third-order valence-electron chi connectivity index (χ3n) is 3.96. The molecule has 124 valence electrons. The molecule has 0 bridgehead atoms. The summed E-state index contributed by atoms with van der Waals surface area (Å²) in [6.45, 7) is -0.515. The minimum atomic E-state index is -1.41. The molecule has 0 spiro atoms. The molecule has 3 unspecified atom stereocenters. The fourth-order valence-corrected chi connectivity index (χ4v) is 2.68. The summed E-state index contributed by atoms with van der Waals surface area (Å²) in [5.74, 6) is 0. The van der Waals surface area contributed by atoms with Gasteiger partial charge in [0, 0.05) is 11.8 Å². The second kappa shape index (κ2) is 6.26. The number of H-pyrrole nitrogens is 1. The number of hydrogen-bond donors (Lipinski definition) is 6. The number of aliphatic hydroxyl groups is 4. The molecule has 8 heteroatoms. The number of aromatic nitrogens is 1. The summed E-state index contributed by atoms with van der Waals surface area (Å²) >= 11 is 0. The van der Waals surface area contributed by atoms with Crippen molar-refractivity contribution < 1.29 is 25.2 Å². The minimum absolute atomic E-state index is 0.239. The number of aromatic amines is 1. The van der Waals surface area contributed by atoms with Crippen LogP contribution >= 0.6 is 0 Å². The number of hydrogen-bond acceptors (Lipinski definition) is 7. The molecule has 1 aliphatic rings. The number of rotatable bonds is 3. The predicted molar refractivity (Wildman–Crippen MR) is 82.0 cm³/mol. The maximum absolute atomic E-state index is 11.4. The van der Waals surface area contributed by atoms with E-state index in [4.69, 9.17) is 9.84 Å². The Morgan fingerprint density at radius 3 is 2.61 bits per heavy atom. The van der Waals surface area contributed by atoms with Crippen LogP contribution in [0.3, 0.4) is 0 Å². The van der Waals surface area contributed by atoms with Crippen LogP contribution in [0.4, 0.5) is 5.69 Å². The second-order valence-electron chi connectivity index (χ2n) is 5.52. The molecule has 0 aliphatic carbocycles. The molecule has 0 amide bonds. The third-order valence-corrected chi connectivity index (χ3v) is 3.96. The fourth-order valence-electron chi connectivity index (χ4n) is 2.68. The number of benzene rings is 1. The van der Waals surface area contributed by atoms with Gasteiger partial charge in [-0.05, 0) is 23.6 Å². The Hall–Kier alpha value is -1.97. The quantitative estimate of drug-likeness (QED) is 0.415. The van der Waals surface area contributed by atoms with Crippen LogP contribution in [0.25, 0.3) is 10.9 Å². The van der Waals surface area contributed by atoms with Crippen molar-refractivity contribution >= 4 is 16.6 Å². The van der Waals surface area contributed by atoms with Crippen molar-refractivity contribution in [2.24, 2.45) is 0 Å². The van der Waals surface area contributed by atoms with Gasteiger partial charge in [-0.15, -0.1) is 0 Å². The molecule has 6 N–H and O–H groups in total. The molecule has 1 saturated heterocycles. The molecule has 2 heterocycles. The molecule has 5 atom stereocenters. The summed E-state index contributed by atoms with van der Waals surface area (Å²) in [6, 6.07) is 7.25. The first-order valence-corrected chi connectivity index (χ1v) is 7.20. The Kier molecular flexibility index (Phi) is 4.33. The average molecular weight is 322 g/mol.